The zero-order chi connectivity index (χ0) is 18.7. The Balaban J connectivity index is 1.99. The molecule has 2 aromatic carbocycles. The molecule has 0 aliphatic carbocycles. The molecule has 26 heavy (non-hydrogen) atoms. The molecule has 0 aliphatic heterocycles. The van der Waals surface area contributed by atoms with Crippen LogP contribution in [-0.2, 0) is 11.2 Å². The number of non-ortho nitro benzene ring substituents is 1. The van der Waals surface area contributed by atoms with Crippen LogP contribution in [0, 0.1) is 10.1 Å². The number of aliphatic carboxylic acids is 1. The summed E-state index contributed by atoms with van der Waals surface area (Å²) in [6, 6.07) is 12.9. The molecule has 7 nitrogen and oxygen atoms in total. The maximum atomic E-state index is 12.9. The lowest BCUT2D eigenvalue weighted by Crippen LogP contribution is -2.11. The summed E-state index contributed by atoms with van der Waals surface area (Å²) in [5.41, 5.74) is 1.64. The van der Waals surface area contributed by atoms with Gasteiger partial charge >= 0.3 is 5.97 Å². The maximum Gasteiger partial charge on any atom is 0.303 e. The fourth-order valence-electron chi connectivity index (χ4n) is 2.94. The number of hydrogen-bond donors (Lipinski definition) is 1. The van der Waals surface area contributed by atoms with Crippen LogP contribution in [0.15, 0.2) is 54.7 Å². The van der Waals surface area contributed by atoms with E-state index in [-0.39, 0.29) is 23.6 Å². The average molecular weight is 352 g/mol. The quantitative estimate of drug-likeness (QED) is 0.539. The van der Waals surface area contributed by atoms with Gasteiger partial charge in [-0.05, 0) is 30.5 Å². The fraction of sp³-hybridized carbons (Fsp3) is 0.158. The predicted molar refractivity (Wildman–Crippen MR) is 95.3 cm³/mol. The highest BCUT2D eigenvalue weighted by molar-refractivity contribution is 6.03. The smallest absolute Gasteiger partial charge is 0.303 e. The number of carboxylic acids is 1. The predicted octanol–water partition coefficient (Wildman–Crippen LogP) is 3.65. The highest BCUT2D eigenvalue weighted by atomic mass is 16.6. The van der Waals surface area contributed by atoms with Crippen LogP contribution in [0.3, 0.4) is 0 Å². The van der Waals surface area contributed by atoms with Gasteiger partial charge in [0.25, 0.3) is 11.6 Å². The highest BCUT2D eigenvalue weighted by Crippen LogP contribution is 2.24. The Hall–Kier alpha value is -3.48. The summed E-state index contributed by atoms with van der Waals surface area (Å²) in [6.07, 6.45) is 2.74. The number of para-hydroxylation sites is 1. The van der Waals surface area contributed by atoms with Crippen LogP contribution in [0.5, 0.6) is 0 Å². The molecule has 0 unspecified atom stereocenters. The van der Waals surface area contributed by atoms with Crippen LogP contribution >= 0.6 is 0 Å². The third kappa shape index (κ3) is 3.46. The molecule has 0 radical (unpaired) electrons. The number of fused-ring (bicyclic) bond motifs is 1. The van der Waals surface area contributed by atoms with E-state index < -0.39 is 10.9 Å². The summed E-state index contributed by atoms with van der Waals surface area (Å²) >= 11 is 0. The Morgan fingerprint density at radius 3 is 2.62 bits per heavy atom. The summed E-state index contributed by atoms with van der Waals surface area (Å²) in [5.74, 6) is -1.23. The molecule has 1 heterocycles. The molecular formula is C19H16N2O5. The van der Waals surface area contributed by atoms with Gasteiger partial charge in [0.05, 0.1) is 10.4 Å². The van der Waals surface area contributed by atoms with Gasteiger partial charge in [0.2, 0.25) is 0 Å². The van der Waals surface area contributed by atoms with Crippen molar-refractivity contribution in [1.29, 1.82) is 0 Å². The van der Waals surface area contributed by atoms with E-state index in [4.69, 9.17) is 5.11 Å². The van der Waals surface area contributed by atoms with Crippen molar-refractivity contribution in [3.05, 3.63) is 76.0 Å². The molecule has 3 aromatic rings. The van der Waals surface area contributed by atoms with Gasteiger partial charge < -0.3 is 5.11 Å². The van der Waals surface area contributed by atoms with E-state index in [2.05, 4.69) is 0 Å². The van der Waals surface area contributed by atoms with Crippen LogP contribution < -0.4 is 0 Å². The van der Waals surface area contributed by atoms with Gasteiger partial charge in [-0.15, -0.1) is 0 Å². The third-order valence-electron chi connectivity index (χ3n) is 4.15. The number of rotatable bonds is 6. The van der Waals surface area contributed by atoms with Crippen LogP contribution in [0.4, 0.5) is 5.69 Å². The minimum absolute atomic E-state index is 0.0539. The minimum atomic E-state index is -0.860. The van der Waals surface area contributed by atoms with Gasteiger partial charge in [0, 0.05) is 35.7 Å². The summed E-state index contributed by atoms with van der Waals surface area (Å²) in [4.78, 5) is 34.0. The summed E-state index contributed by atoms with van der Waals surface area (Å²) in [7, 11) is 0. The second-order valence-electron chi connectivity index (χ2n) is 5.90. The fourth-order valence-corrected chi connectivity index (χ4v) is 2.94. The summed E-state index contributed by atoms with van der Waals surface area (Å²) in [6.45, 7) is 0. The topological polar surface area (TPSA) is 102 Å². The van der Waals surface area contributed by atoms with Crippen LogP contribution in [-0.4, -0.2) is 26.5 Å². The highest BCUT2D eigenvalue weighted by Gasteiger charge is 2.17. The van der Waals surface area contributed by atoms with E-state index in [1.165, 1.54) is 28.8 Å². The van der Waals surface area contributed by atoms with Crippen molar-refractivity contribution in [2.75, 3.05) is 0 Å². The first kappa shape index (κ1) is 17.3. The Morgan fingerprint density at radius 1 is 1.12 bits per heavy atom. The van der Waals surface area contributed by atoms with Gasteiger partial charge in [-0.2, -0.15) is 0 Å². The Bertz CT molecular complexity index is 1010. The van der Waals surface area contributed by atoms with Gasteiger partial charge in [-0.3, -0.25) is 24.3 Å². The molecule has 0 bridgehead atoms. The molecule has 0 saturated heterocycles. The minimum Gasteiger partial charge on any atom is -0.481 e. The number of carbonyl (C=O) groups excluding carboxylic acids is 1. The summed E-state index contributed by atoms with van der Waals surface area (Å²) < 4.78 is 1.46. The molecule has 0 saturated carbocycles. The zero-order valence-corrected chi connectivity index (χ0v) is 13.8. The summed E-state index contributed by atoms with van der Waals surface area (Å²) in [5, 5.41) is 20.6. The molecule has 0 spiro atoms. The van der Waals surface area contributed by atoms with Crippen molar-refractivity contribution in [3.8, 4) is 0 Å². The van der Waals surface area contributed by atoms with E-state index in [1.807, 2.05) is 12.1 Å². The zero-order valence-electron chi connectivity index (χ0n) is 13.8. The number of aryl methyl sites for hydroxylation is 1. The Labute approximate surface area is 148 Å². The number of carboxylic acid groups (broad SMARTS) is 1. The van der Waals surface area contributed by atoms with Crippen LogP contribution in [0.1, 0.15) is 28.8 Å². The normalized spacial score (nSPS) is 10.8. The number of carbonyl (C=O) groups is 2. The standard InChI is InChI=1S/C19H16N2O5/c22-18(23)10-4-6-14-12-20(17-9-2-1-8-16(14)17)19(24)13-5-3-7-15(11-13)21(25)26/h1-3,5,7-9,11-12H,4,6,10H2,(H,22,23). The van der Waals surface area contributed by atoms with E-state index >= 15 is 0 Å². The number of nitro benzene ring substituents is 1. The van der Waals surface area contributed by atoms with Crippen molar-refractivity contribution < 1.29 is 19.6 Å². The van der Waals surface area contributed by atoms with Crippen molar-refractivity contribution in [3.63, 3.8) is 0 Å². The van der Waals surface area contributed by atoms with Gasteiger partial charge in [0.1, 0.15) is 0 Å². The first-order valence-electron chi connectivity index (χ1n) is 8.07. The van der Waals surface area contributed by atoms with E-state index in [1.54, 1.807) is 18.3 Å². The van der Waals surface area contributed by atoms with Gasteiger partial charge in [0.15, 0.2) is 0 Å². The molecule has 132 valence electrons. The first-order valence-corrected chi connectivity index (χ1v) is 8.07. The van der Waals surface area contributed by atoms with E-state index in [0.717, 1.165) is 10.9 Å². The lowest BCUT2D eigenvalue weighted by Gasteiger charge is -2.04. The van der Waals surface area contributed by atoms with E-state index in [9.17, 15) is 19.7 Å². The molecule has 0 amide bonds. The molecule has 3 rings (SSSR count). The molecule has 7 heteroatoms. The van der Waals surface area contributed by atoms with Crippen molar-refractivity contribution in [2.24, 2.45) is 0 Å². The molecule has 0 atom stereocenters. The maximum absolute atomic E-state index is 12.9. The lowest BCUT2D eigenvalue weighted by molar-refractivity contribution is -0.384. The second-order valence-corrected chi connectivity index (χ2v) is 5.90. The Kier molecular flexibility index (Phi) is 4.79. The average Bonchev–Trinajstić information content (AvgIpc) is 3.00. The number of nitrogens with zero attached hydrogens (tertiary/aromatic N) is 2. The largest absolute Gasteiger partial charge is 0.481 e. The number of benzene rings is 2. The lowest BCUT2D eigenvalue weighted by atomic mass is 10.1. The first-order chi connectivity index (χ1) is 12.5. The van der Waals surface area contributed by atoms with Crippen molar-refractivity contribution in [2.45, 2.75) is 19.3 Å². The van der Waals surface area contributed by atoms with Crippen molar-refractivity contribution in [1.82, 2.24) is 4.57 Å². The second kappa shape index (κ2) is 7.18. The van der Waals surface area contributed by atoms with Gasteiger partial charge in [-0.25, -0.2) is 0 Å². The number of aromatic nitrogens is 1. The SMILES string of the molecule is O=C(O)CCCc1cn(C(=O)c2cccc([N+](=O)[O-])c2)c2ccccc12. The Morgan fingerprint density at radius 2 is 1.88 bits per heavy atom. The molecule has 0 aliphatic rings. The monoisotopic (exact) mass is 352 g/mol. The number of hydrogen-bond acceptors (Lipinski definition) is 4. The van der Waals surface area contributed by atoms with Crippen molar-refractivity contribution >= 4 is 28.5 Å². The van der Waals surface area contributed by atoms with Crippen LogP contribution in [0.2, 0.25) is 0 Å². The van der Waals surface area contributed by atoms with Crippen LogP contribution in [0.25, 0.3) is 10.9 Å². The third-order valence-corrected chi connectivity index (χ3v) is 4.15. The number of nitro groups is 1. The molecule has 1 aromatic heterocycles. The molecular weight excluding hydrogens is 336 g/mol. The van der Waals surface area contributed by atoms with E-state index in [0.29, 0.717) is 18.4 Å². The van der Waals surface area contributed by atoms with Gasteiger partial charge in [-0.1, -0.05) is 24.3 Å². The molecule has 0 fully saturated rings. The molecule has 1 N–H and O–H groups in total.